The highest BCUT2D eigenvalue weighted by molar-refractivity contribution is 7.90. The molecule has 44 heavy (non-hydrogen) atoms. The number of nitrogens with zero attached hydrogens (tertiary/aromatic N) is 2. The molecule has 0 bridgehead atoms. The van der Waals surface area contributed by atoms with Crippen LogP contribution in [-0.2, 0) is 20.4 Å². The molecule has 8 nitrogen and oxygen atoms in total. The lowest BCUT2D eigenvalue weighted by Crippen LogP contribution is -2.38. The van der Waals surface area contributed by atoms with Gasteiger partial charge in [-0.2, -0.15) is 0 Å². The van der Waals surface area contributed by atoms with Gasteiger partial charge in [-0.3, -0.25) is 4.79 Å². The number of aliphatic carboxylic acids is 1. The van der Waals surface area contributed by atoms with Crippen LogP contribution in [0.3, 0.4) is 0 Å². The molecule has 1 atom stereocenters. The Hall–Kier alpha value is -4.57. The van der Waals surface area contributed by atoms with Gasteiger partial charge in [-0.15, -0.1) is 0 Å². The average molecular weight is 609 g/mol. The first-order chi connectivity index (χ1) is 21.1. The molecule has 0 amide bonds. The van der Waals surface area contributed by atoms with Gasteiger partial charge in [0.15, 0.2) is 0 Å². The highest BCUT2D eigenvalue weighted by Gasteiger charge is 2.43. The highest BCUT2D eigenvalue weighted by Crippen LogP contribution is 2.38. The molecule has 9 heteroatoms. The number of hydrogen-bond donors (Lipinski definition) is 2. The molecule has 5 aromatic rings. The Morgan fingerprint density at radius 2 is 1.43 bits per heavy atom. The zero-order valence-electron chi connectivity index (χ0n) is 24.1. The molecule has 1 fully saturated rings. The van der Waals surface area contributed by atoms with Crippen LogP contribution < -0.4 is 0 Å². The van der Waals surface area contributed by atoms with Crippen LogP contribution in [-0.4, -0.2) is 59.4 Å². The maximum absolute atomic E-state index is 14.6. The van der Waals surface area contributed by atoms with Crippen LogP contribution in [0.4, 0.5) is 0 Å². The first-order valence-electron chi connectivity index (χ1n) is 14.4. The third kappa shape index (κ3) is 4.93. The number of likely N-dealkylation sites (tertiary alicyclic amines) is 1. The van der Waals surface area contributed by atoms with Crippen LogP contribution in [0.2, 0.25) is 0 Å². The molecule has 1 unspecified atom stereocenters. The van der Waals surface area contributed by atoms with Gasteiger partial charge < -0.3 is 15.1 Å². The standard InChI is InChI=1S/C35H32N2O6S/c1-36-21-19-24(20-22-36)27-16-10-18-31-29(27)23-32(37(31)44(42,43)26-13-6-3-7-14-26)33(38)28-15-8-9-17-30(28)35(41,34(39)40)25-11-4-2-5-12-25/h2-18,23-24,41H,19-22H2,1H3,(H,39,40). The minimum Gasteiger partial charge on any atom is -0.479 e. The van der Waals surface area contributed by atoms with E-state index in [1.54, 1.807) is 54.6 Å². The van der Waals surface area contributed by atoms with E-state index in [0.29, 0.717) is 10.9 Å². The molecule has 0 spiro atoms. The predicted octanol–water partition coefficient (Wildman–Crippen LogP) is 5.24. The van der Waals surface area contributed by atoms with Crippen LogP contribution in [0.15, 0.2) is 114 Å². The van der Waals surface area contributed by atoms with Crippen LogP contribution in [0.25, 0.3) is 10.9 Å². The Labute approximate surface area is 255 Å². The third-order valence-electron chi connectivity index (χ3n) is 8.57. The van der Waals surface area contributed by atoms with E-state index in [4.69, 9.17) is 0 Å². The Morgan fingerprint density at radius 3 is 2.09 bits per heavy atom. The van der Waals surface area contributed by atoms with Crippen molar-refractivity contribution in [2.24, 2.45) is 0 Å². The summed E-state index contributed by atoms with van der Waals surface area (Å²) in [6.07, 6.45) is 1.78. The molecule has 0 saturated carbocycles. The second-order valence-corrected chi connectivity index (χ2v) is 13.0. The van der Waals surface area contributed by atoms with Gasteiger partial charge in [0, 0.05) is 16.5 Å². The summed E-state index contributed by atoms with van der Waals surface area (Å²) in [6.45, 7) is 1.80. The number of hydrogen-bond acceptors (Lipinski definition) is 6. The lowest BCUT2D eigenvalue weighted by atomic mass is 9.82. The molecular formula is C35H32N2O6S. The van der Waals surface area contributed by atoms with E-state index < -0.39 is 27.4 Å². The largest absolute Gasteiger partial charge is 0.479 e. The van der Waals surface area contributed by atoms with Gasteiger partial charge in [0.1, 0.15) is 5.69 Å². The van der Waals surface area contributed by atoms with Gasteiger partial charge in [-0.05, 0) is 74.3 Å². The number of carbonyl (C=O) groups is 2. The second-order valence-electron chi connectivity index (χ2n) is 11.2. The van der Waals surface area contributed by atoms with Crippen molar-refractivity contribution in [2.45, 2.75) is 29.3 Å². The van der Waals surface area contributed by atoms with Crippen molar-refractivity contribution in [3.63, 3.8) is 0 Å². The predicted molar refractivity (Wildman–Crippen MR) is 167 cm³/mol. The molecule has 2 N–H and O–H groups in total. The fourth-order valence-corrected chi connectivity index (χ4v) is 7.75. The van der Waals surface area contributed by atoms with Crippen LogP contribution in [0.1, 0.15) is 51.5 Å². The summed E-state index contributed by atoms with van der Waals surface area (Å²) in [5.41, 5.74) is -1.59. The Kier molecular flexibility index (Phi) is 7.71. The van der Waals surface area contributed by atoms with E-state index in [2.05, 4.69) is 11.9 Å². The second kappa shape index (κ2) is 11.5. The number of fused-ring (bicyclic) bond motifs is 1. The fourth-order valence-electron chi connectivity index (χ4n) is 6.23. The molecule has 0 aliphatic carbocycles. The van der Waals surface area contributed by atoms with E-state index in [0.717, 1.165) is 35.5 Å². The van der Waals surface area contributed by atoms with E-state index in [9.17, 15) is 28.2 Å². The molecule has 6 rings (SSSR count). The number of rotatable bonds is 8. The summed E-state index contributed by atoms with van der Waals surface area (Å²) in [6, 6.07) is 28.7. The van der Waals surface area contributed by atoms with Crippen LogP contribution in [0, 0.1) is 0 Å². The van der Waals surface area contributed by atoms with E-state index in [1.807, 2.05) is 12.1 Å². The molecule has 1 aromatic heterocycles. The number of piperidine rings is 1. The summed E-state index contributed by atoms with van der Waals surface area (Å²) in [5.74, 6) is -2.11. The summed E-state index contributed by atoms with van der Waals surface area (Å²) in [4.78, 5) is 29.5. The smallest absolute Gasteiger partial charge is 0.345 e. The van der Waals surface area contributed by atoms with Crippen molar-refractivity contribution >= 4 is 32.7 Å². The van der Waals surface area contributed by atoms with E-state index >= 15 is 0 Å². The number of carboxylic acids is 1. The minimum absolute atomic E-state index is 0.0101. The van der Waals surface area contributed by atoms with Crippen LogP contribution in [0.5, 0.6) is 0 Å². The summed E-state index contributed by atoms with van der Waals surface area (Å²) in [7, 11) is -2.20. The minimum atomic E-state index is -4.27. The summed E-state index contributed by atoms with van der Waals surface area (Å²) in [5, 5.41) is 22.7. The van der Waals surface area contributed by atoms with Crippen molar-refractivity contribution in [1.82, 2.24) is 8.87 Å². The maximum Gasteiger partial charge on any atom is 0.345 e. The normalized spacial score (nSPS) is 16.0. The van der Waals surface area contributed by atoms with Crippen molar-refractivity contribution in [3.8, 4) is 0 Å². The van der Waals surface area contributed by atoms with Gasteiger partial charge >= 0.3 is 5.97 Å². The highest BCUT2D eigenvalue weighted by atomic mass is 32.2. The van der Waals surface area contributed by atoms with Crippen molar-refractivity contribution in [1.29, 1.82) is 0 Å². The quantitative estimate of drug-likeness (QED) is 0.232. The van der Waals surface area contributed by atoms with E-state index in [-0.39, 0.29) is 33.2 Å². The van der Waals surface area contributed by atoms with Crippen LogP contribution >= 0.6 is 0 Å². The third-order valence-corrected chi connectivity index (χ3v) is 10.3. The molecular weight excluding hydrogens is 576 g/mol. The fraction of sp³-hybridized carbons (Fsp3) is 0.200. The molecule has 1 aliphatic heterocycles. The number of ketones is 1. The number of benzene rings is 4. The molecule has 0 radical (unpaired) electrons. The van der Waals surface area contributed by atoms with Crippen molar-refractivity contribution in [3.05, 3.63) is 137 Å². The number of aromatic nitrogens is 1. The maximum atomic E-state index is 14.6. The van der Waals surface area contributed by atoms with E-state index in [1.165, 1.54) is 42.5 Å². The molecule has 2 heterocycles. The first kappa shape index (κ1) is 29.5. The Balaban J connectivity index is 1.60. The summed E-state index contributed by atoms with van der Waals surface area (Å²) >= 11 is 0. The zero-order chi connectivity index (χ0) is 31.1. The Morgan fingerprint density at radius 1 is 0.818 bits per heavy atom. The van der Waals surface area contributed by atoms with Crippen molar-refractivity contribution in [2.75, 3.05) is 20.1 Å². The lowest BCUT2D eigenvalue weighted by Gasteiger charge is -2.29. The van der Waals surface area contributed by atoms with Gasteiger partial charge in [-0.1, -0.05) is 84.9 Å². The number of aliphatic hydroxyl groups is 1. The summed E-state index contributed by atoms with van der Waals surface area (Å²) < 4.78 is 29.6. The average Bonchev–Trinajstić information content (AvgIpc) is 3.46. The lowest BCUT2D eigenvalue weighted by molar-refractivity contribution is -0.155. The monoisotopic (exact) mass is 608 g/mol. The zero-order valence-corrected chi connectivity index (χ0v) is 24.9. The van der Waals surface area contributed by atoms with Gasteiger partial charge in [0.2, 0.25) is 11.4 Å². The number of carbonyl (C=O) groups excluding carboxylic acids is 1. The molecule has 1 aliphatic rings. The Bertz CT molecular complexity index is 1960. The first-order valence-corrected chi connectivity index (χ1v) is 15.9. The molecule has 224 valence electrons. The topological polar surface area (TPSA) is 117 Å². The number of carboxylic acid groups (broad SMARTS) is 1. The van der Waals surface area contributed by atoms with Gasteiger partial charge in [0.25, 0.3) is 10.0 Å². The SMILES string of the molecule is CN1CCC(c2cccc3c2cc(C(=O)c2ccccc2C(O)(C(=O)O)c2ccccc2)n3S(=O)(=O)c2ccccc2)CC1. The van der Waals surface area contributed by atoms with Gasteiger partial charge in [0.05, 0.1) is 10.4 Å². The molecule has 1 saturated heterocycles. The van der Waals surface area contributed by atoms with Crippen molar-refractivity contribution < 1.29 is 28.2 Å². The molecule has 4 aromatic carbocycles. The van der Waals surface area contributed by atoms with Gasteiger partial charge in [-0.25, -0.2) is 17.2 Å².